The maximum Gasteiger partial charge on any atom is 0.308 e. The van der Waals surface area contributed by atoms with Crippen LogP contribution in [0.1, 0.15) is 32.1 Å². The van der Waals surface area contributed by atoms with E-state index in [1.165, 1.54) is 7.11 Å². The molecule has 0 aromatic heterocycles. The molecule has 0 amide bonds. The van der Waals surface area contributed by atoms with E-state index >= 15 is 0 Å². The molecule has 21 heavy (non-hydrogen) atoms. The molecule has 2 fully saturated rings. The molecule has 2 rings (SSSR count). The molecule has 0 spiro atoms. The number of ether oxygens (including phenoxy) is 1. The van der Waals surface area contributed by atoms with E-state index in [9.17, 15) is 9.90 Å². The van der Waals surface area contributed by atoms with Gasteiger partial charge in [-0.2, -0.15) is 0 Å². The normalized spacial score (nSPS) is 38.6. The van der Waals surface area contributed by atoms with Gasteiger partial charge in [0, 0.05) is 5.92 Å². The highest BCUT2D eigenvalue weighted by Crippen LogP contribution is 2.50. The summed E-state index contributed by atoms with van der Waals surface area (Å²) in [5, 5.41) is 20.9. The van der Waals surface area contributed by atoms with Crippen molar-refractivity contribution in [3.05, 3.63) is 0 Å². The maximum absolute atomic E-state index is 11.9. The van der Waals surface area contributed by atoms with Gasteiger partial charge in [-0.05, 0) is 59.2 Å². The summed E-state index contributed by atoms with van der Waals surface area (Å²) in [4.78, 5) is 11.9. The molecule has 122 valence electrons. The Kier molecular flexibility index (Phi) is 4.92. The Morgan fingerprint density at radius 3 is 2.29 bits per heavy atom. The van der Waals surface area contributed by atoms with Crippen molar-refractivity contribution in [2.24, 2.45) is 17.8 Å². The van der Waals surface area contributed by atoms with Gasteiger partial charge < -0.3 is 20.5 Å². The van der Waals surface area contributed by atoms with Gasteiger partial charge >= 0.3 is 5.97 Å². The number of aliphatic hydroxyl groups is 1. The summed E-state index contributed by atoms with van der Waals surface area (Å²) in [6.45, 7) is 0. The number of nitrogens with one attached hydrogen (secondary N) is 3. The van der Waals surface area contributed by atoms with Gasteiger partial charge in [-0.1, -0.05) is 0 Å². The lowest BCUT2D eigenvalue weighted by molar-refractivity contribution is -0.165. The Morgan fingerprint density at radius 1 is 1.10 bits per heavy atom. The molecule has 2 saturated carbocycles. The van der Waals surface area contributed by atoms with Gasteiger partial charge in [0.2, 0.25) is 0 Å². The SMILES string of the molecule is CNC1(O)CCC(NC)(NC)C2CCC(C(=O)OC)CC21. The molecule has 0 heterocycles. The average Bonchev–Trinajstić information content (AvgIpc) is 2.55. The van der Waals surface area contributed by atoms with E-state index in [1.54, 1.807) is 7.05 Å². The number of carbonyl (C=O) groups is 1. The van der Waals surface area contributed by atoms with E-state index in [2.05, 4.69) is 16.0 Å². The highest BCUT2D eigenvalue weighted by Gasteiger charge is 2.56. The third-order valence-corrected chi connectivity index (χ3v) is 5.86. The molecule has 0 aliphatic heterocycles. The Bertz CT molecular complexity index is 386. The van der Waals surface area contributed by atoms with Crippen molar-refractivity contribution in [3.8, 4) is 0 Å². The van der Waals surface area contributed by atoms with Crippen LogP contribution < -0.4 is 16.0 Å². The zero-order chi connectivity index (χ0) is 15.7. The molecule has 0 bridgehead atoms. The van der Waals surface area contributed by atoms with Gasteiger partial charge in [0.15, 0.2) is 0 Å². The molecule has 0 aromatic rings. The van der Waals surface area contributed by atoms with Gasteiger partial charge in [-0.3, -0.25) is 10.1 Å². The number of hydrogen-bond acceptors (Lipinski definition) is 6. The summed E-state index contributed by atoms with van der Waals surface area (Å²) in [6, 6.07) is 0. The van der Waals surface area contributed by atoms with E-state index < -0.39 is 5.72 Å². The summed E-state index contributed by atoms with van der Waals surface area (Å²) in [5.41, 5.74) is -1.08. The third kappa shape index (κ3) is 2.70. The van der Waals surface area contributed by atoms with Crippen LogP contribution in [0.2, 0.25) is 0 Å². The molecular weight excluding hydrogens is 270 g/mol. The van der Waals surface area contributed by atoms with Gasteiger partial charge in [-0.15, -0.1) is 0 Å². The fraction of sp³-hybridized carbons (Fsp3) is 0.933. The molecule has 6 heteroatoms. The van der Waals surface area contributed by atoms with E-state index in [4.69, 9.17) is 4.74 Å². The fourth-order valence-corrected chi connectivity index (χ4v) is 4.48. The number of fused-ring (bicyclic) bond motifs is 1. The molecule has 4 unspecified atom stereocenters. The molecule has 0 aromatic carbocycles. The Hall–Kier alpha value is -0.690. The van der Waals surface area contributed by atoms with Crippen molar-refractivity contribution in [3.63, 3.8) is 0 Å². The summed E-state index contributed by atoms with van der Waals surface area (Å²) in [7, 11) is 7.16. The minimum Gasteiger partial charge on any atom is -0.469 e. The van der Waals surface area contributed by atoms with Crippen LogP contribution in [0.3, 0.4) is 0 Å². The molecular formula is C15H29N3O3. The monoisotopic (exact) mass is 299 g/mol. The van der Waals surface area contributed by atoms with Gasteiger partial charge in [0.1, 0.15) is 5.72 Å². The minimum atomic E-state index is -0.908. The standard InChI is InChI=1S/C15H29N3O3/c1-16-14(17-2)7-8-15(20,18-3)12-9-10(13(19)21-4)5-6-11(12)14/h10-12,16-18,20H,5-9H2,1-4H3. The van der Waals surface area contributed by atoms with Crippen LogP contribution in [-0.4, -0.2) is 50.7 Å². The average molecular weight is 299 g/mol. The molecule has 0 saturated heterocycles. The molecule has 6 nitrogen and oxygen atoms in total. The second-order valence-corrected chi connectivity index (χ2v) is 6.39. The van der Waals surface area contributed by atoms with E-state index in [-0.39, 0.29) is 29.4 Å². The quantitative estimate of drug-likeness (QED) is 0.433. The van der Waals surface area contributed by atoms with Crippen molar-refractivity contribution in [2.75, 3.05) is 28.3 Å². The lowest BCUT2D eigenvalue weighted by Gasteiger charge is -2.57. The molecule has 4 N–H and O–H groups in total. The predicted octanol–water partition coefficient (Wildman–Crippen LogP) is 0.0288. The van der Waals surface area contributed by atoms with Crippen LogP contribution in [0.15, 0.2) is 0 Å². The number of rotatable bonds is 4. The highest BCUT2D eigenvalue weighted by molar-refractivity contribution is 5.72. The largest absolute Gasteiger partial charge is 0.469 e. The van der Waals surface area contributed by atoms with E-state index in [1.807, 2.05) is 14.1 Å². The van der Waals surface area contributed by atoms with Gasteiger partial charge in [0.05, 0.1) is 18.7 Å². The van der Waals surface area contributed by atoms with Crippen molar-refractivity contribution in [1.29, 1.82) is 0 Å². The number of hydrogen-bond donors (Lipinski definition) is 4. The van der Waals surface area contributed by atoms with E-state index in [0.29, 0.717) is 12.8 Å². The summed E-state index contributed by atoms with van der Waals surface area (Å²) >= 11 is 0. The van der Waals surface area contributed by atoms with Crippen molar-refractivity contribution in [1.82, 2.24) is 16.0 Å². The van der Waals surface area contributed by atoms with Crippen molar-refractivity contribution in [2.45, 2.75) is 43.5 Å². The van der Waals surface area contributed by atoms with Gasteiger partial charge in [-0.25, -0.2) is 0 Å². The predicted molar refractivity (Wildman–Crippen MR) is 80.4 cm³/mol. The first-order valence-corrected chi connectivity index (χ1v) is 7.83. The topological polar surface area (TPSA) is 82.6 Å². The third-order valence-electron chi connectivity index (χ3n) is 5.86. The summed E-state index contributed by atoms with van der Waals surface area (Å²) in [5.74, 6) is 0.0336. The van der Waals surface area contributed by atoms with Crippen LogP contribution in [0.25, 0.3) is 0 Å². The highest BCUT2D eigenvalue weighted by atomic mass is 16.5. The first-order chi connectivity index (χ1) is 9.96. The molecule has 2 aliphatic rings. The lowest BCUT2D eigenvalue weighted by Crippen LogP contribution is -2.71. The zero-order valence-electron chi connectivity index (χ0n) is 13.5. The smallest absolute Gasteiger partial charge is 0.308 e. The van der Waals surface area contributed by atoms with Gasteiger partial charge in [0.25, 0.3) is 0 Å². The second-order valence-electron chi connectivity index (χ2n) is 6.39. The van der Waals surface area contributed by atoms with Crippen molar-refractivity contribution >= 4 is 5.97 Å². The summed E-state index contributed by atoms with van der Waals surface area (Å²) in [6.07, 6.45) is 3.89. The van der Waals surface area contributed by atoms with Crippen molar-refractivity contribution < 1.29 is 14.6 Å². The molecule has 4 atom stereocenters. The first-order valence-electron chi connectivity index (χ1n) is 7.83. The van der Waals surface area contributed by atoms with Crippen LogP contribution in [0.5, 0.6) is 0 Å². The number of methoxy groups -OCH3 is 1. The lowest BCUT2D eigenvalue weighted by atomic mass is 9.59. The van der Waals surface area contributed by atoms with Crippen LogP contribution in [-0.2, 0) is 9.53 Å². The minimum absolute atomic E-state index is 0.0222. The Balaban J connectivity index is 2.28. The van der Waals surface area contributed by atoms with Crippen LogP contribution >= 0.6 is 0 Å². The first kappa shape index (κ1) is 16.7. The molecule has 0 radical (unpaired) electrons. The zero-order valence-corrected chi connectivity index (χ0v) is 13.5. The fourth-order valence-electron chi connectivity index (χ4n) is 4.48. The number of esters is 1. The Morgan fingerprint density at radius 2 is 1.76 bits per heavy atom. The second kappa shape index (κ2) is 6.20. The maximum atomic E-state index is 11.9. The van der Waals surface area contributed by atoms with Crippen LogP contribution in [0.4, 0.5) is 0 Å². The van der Waals surface area contributed by atoms with Crippen LogP contribution in [0, 0.1) is 17.8 Å². The number of carbonyl (C=O) groups excluding carboxylic acids is 1. The summed E-state index contributed by atoms with van der Waals surface area (Å²) < 4.78 is 4.90. The molecule has 2 aliphatic carbocycles. The Labute approximate surface area is 127 Å². The van der Waals surface area contributed by atoms with E-state index in [0.717, 1.165) is 19.3 Å².